The first-order valence-corrected chi connectivity index (χ1v) is 9.39. The summed E-state index contributed by atoms with van der Waals surface area (Å²) >= 11 is 0. The van der Waals surface area contributed by atoms with E-state index in [1.807, 2.05) is 25.1 Å². The summed E-state index contributed by atoms with van der Waals surface area (Å²) in [6, 6.07) is 7.84. The van der Waals surface area contributed by atoms with Crippen LogP contribution in [0.3, 0.4) is 0 Å². The standard InChI is InChI=1S/C22H21N5O2/c1-13-6-7-24-11-17(13)14-8-15-10-20(25-12-18(15)19(23)9-14)27-22(29)5-4-21(28)26-16-2-3-16/h4-12,16H,2-3,23H2,1H3,(H,26,28)(H,25,27,29)/b5-4-. The molecule has 2 amide bonds. The van der Waals surface area contributed by atoms with E-state index in [4.69, 9.17) is 5.73 Å². The largest absolute Gasteiger partial charge is 0.398 e. The van der Waals surface area contributed by atoms with Gasteiger partial charge in [-0.3, -0.25) is 14.6 Å². The minimum absolute atomic E-state index is 0.250. The van der Waals surface area contributed by atoms with Crippen LogP contribution >= 0.6 is 0 Å². The fraction of sp³-hybridized carbons (Fsp3) is 0.182. The Morgan fingerprint density at radius 2 is 1.93 bits per heavy atom. The van der Waals surface area contributed by atoms with E-state index < -0.39 is 5.91 Å². The molecule has 1 fully saturated rings. The smallest absolute Gasteiger partial charge is 0.249 e. The number of benzene rings is 1. The molecule has 2 aromatic heterocycles. The molecular formula is C22H21N5O2. The molecule has 0 radical (unpaired) electrons. The molecule has 0 bridgehead atoms. The summed E-state index contributed by atoms with van der Waals surface area (Å²) < 4.78 is 0. The average molecular weight is 387 g/mol. The number of rotatable bonds is 5. The van der Waals surface area contributed by atoms with Crippen LogP contribution in [0.4, 0.5) is 11.5 Å². The summed E-state index contributed by atoms with van der Waals surface area (Å²) in [6.07, 6.45) is 9.61. The summed E-state index contributed by atoms with van der Waals surface area (Å²) in [5, 5.41) is 7.12. The zero-order valence-corrected chi connectivity index (χ0v) is 16.0. The molecular weight excluding hydrogens is 366 g/mol. The number of hydrogen-bond acceptors (Lipinski definition) is 5. The third-order valence-electron chi connectivity index (χ3n) is 4.78. The number of nitrogen functional groups attached to an aromatic ring is 1. The van der Waals surface area contributed by atoms with E-state index in [1.165, 1.54) is 12.2 Å². The predicted molar refractivity (Wildman–Crippen MR) is 113 cm³/mol. The molecule has 0 unspecified atom stereocenters. The van der Waals surface area contributed by atoms with Crippen molar-refractivity contribution in [3.05, 3.63) is 60.6 Å². The zero-order valence-electron chi connectivity index (χ0n) is 16.0. The van der Waals surface area contributed by atoms with Crippen molar-refractivity contribution in [2.75, 3.05) is 11.1 Å². The summed E-state index contributed by atoms with van der Waals surface area (Å²) in [6.45, 7) is 2.02. The number of aryl methyl sites for hydroxylation is 1. The van der Waals surface area contributed by atoms with Crippen molar-refractivity contribution in [3.8, 4) is 11.1 Å². The van der Waals surface area contributed by atoms with Gasteiger partial charge in [-0.05, 0) is 60.5 Å². The van der Waals surface area contributed by atoms with E-state index in [2.05, 4.69) is 20.6 Å². The van der Waals surface area contributed by atoms with E-state index in [-0.39, 0.29) is 11.9 Å². The van der Waals surface area contributed by atoms with Crippen molar-refractivity contribution in [2.24, 2.45) is 0 Å². The number of hydrogen-bond donors (Lipinski definition) is 3. The van der Waals surface area contributed by atoms with Crippen LogP contribution < -0.4 is 16.4 Å². The summed E-state index contributed by atoms with van der Waals surface area (Å²) in [4.78, 5) is 32.2. The van der Waals surface area contributed by atoms with Crippen molar-refractivity contribution in [3.63, 3.8) is 0 Å². The van der Waals surface area contributed by atoms with Crippen LogP contribution in [-0.4, -0.2) is 27.8 Å². The number of nitrogens with two attached hydrogens (primary N) is 1. The van der Waals surface area contributed by atoms with Gasteiger partial charge < -0.3 is 16.4 Å². The lowest BCUT2D eigenvalue weighted by molar-refractivity contribution is -0.117. The minimum atomic E-state index is -0.421. The van der Waals surface area contributed by atoms with Gasteiger partial charge >= 0.3 is 0 Å². The van der Waals surface area contributed by atoms with Crippen LogP contribution in [0.1, 0.15) is 18.4 Å². The number of fused-ring (bicyclic) bond motifs is 1. The number of nitrogens with zero attached hydrogens (tertiary/aromatic N) is 2. The molecule has 1 aliphatic rings. The van der Waals surface area contributed by atoms with Gasteiger partial charge in [-0.1, -0.05) is 0 Å². The van der Waals surface area contributed by atoms with E-state index in [0.717, 1.165) is 40.3 Å². The zero-order chi connectivity index (χ0) is 20.4. The van der Waals surface area contributed by atoms with Gasteiger partial charge in [0.1, 0.15) is 5.82 Å². The van der Waals surface area contributed by atoms with Gasteiger partial charge in [-0.2, -0.15) is 0 Å². The number of pyridine rings is 2. The van der Waals surface area contributed by atoms with Crippen molar-refractivity contribution in [1.29, 1.82) is 0 Å². The molecule has 7 heteroatoms. The highest BCUT2D eigenvalue weighted by Gasteiger charge is 2.22. The molecule has 0 aliphatic heterocycles. The van der Waals surface area contributed by atoms with Crippen LogP contribution in [-0.2, 0) is 9.59 Å². The van der Waals surface area contributed by atoms with Gasteiger partial charge in [0.25, 0.3) is 0 Å². The molecule has 3 aromatic rings. The van der Waals surface area contributed by atoms with Crippen molar-refractivity contribution >= 4 is 34.1 Å². The van der Waals surface area contributed by atoms with Crippen LogP contribution in [0.2, 0.25) is 0 Å². The Morgan fingerprint density at radius 1 is 1.14 bits per heavy atom. The first kappa shape index (κ1) is 18.6. The van der Waals surface area contributed by atoms with Crippen LogP contribution in [0.25, 0.3) is 21.9 Å². The minimum Gasteiger partial charge on any atom is -0.398 e. The first-order valence-electron chi connectivity index (χ1n) is 9.39. The lowest BCUT2D eigenvalue weighted by atomic mass is 9.99. The molecule has 29 heavy (non-hydrogen) atoms. The third kappa shape index (κ3) is 4.40. The van der Waals surface area contributed by atoms with Gasteiger partial charge in [-0.15, -0.1) is 0 Å². The molecule has 0 saturated heterocycles. The Hall–Kier alpha value is -3.74. The second-order valence-corrected chi connectivity index (χ2v) is 7.15. The predicted octanol–water partition coefficient (Wildman–Crippen LogP) is 2.96. The Balaban J connectivity index is 1.56. The van der Waals surface area contributed by atoms with E-state index in [1.54, 1.807) is 24.7 Å². The Bertz CT molecular complexity index is 1140. The molecule has 1 aliphatic carbocycles. The highest BCUT2D eigenvalue weighted by atomic mass is 16.2. The number of carbonyl (C=O) groups is 2. The molecule has 1 saturated carbocycles. The molecule has 4 rings (SSSR count). The van der Waals surface area contributed by atoms with Gasteiger partial charge in [0.2, 0.25) is 11.8 Å². The number of nitrogens with one attached hydrogen (secondary N) is 2. The van der Waals surface area contributed by atoms with Crippen molar-refractivity contribution in [2.45, 2.75) is 25.8 Å². The third-order valence-corrected chi connectivity index (χ3v) is 4.78. The van der Waals surface area contributed by atoms with Crippen molar-refractivity contribution in [1.82, 2.24) is 15.3 Å². The lowest BCUT2D eigenvalue weighted by Crippen LogP contribution is -2.23. The number of aromatic nitrogens is 2. The average Bonchev–Trinajstić information content (AvgIpc) is 3.50. The van der Waals surface area contributed by atoms with Crippen LogP contribution in [0, 0.1) is 6.92 Å². The van der Waals surface area contributed by atoms with Gasteiger partial charge in [0.15, 0.2) is 0 Å². The van der Waals surface area contributed by atoms with Gasteiger partial charge in [-0.25, -0.2) is 4.98 Å². The molecule has 0 spiro atoms. The van der Waals surface area contributed by atoms with E-state index in [9.17, 15) is 9.59 Å². The normalized spacial score (nSPS) is 13.6. The summed E-state index contributed by atoms with van der Waals surface area (Å²) in [5.41, 5.74) is 9.85. The van der Waals surface area contributed by atoms with Crippen LogP contribution in [0.15, 0.2) is 55.0 Å². The number of anilines is 2. The fourth-order valence-electron chi connectivity index (χ4n) is 3.07. The summed E-state index contributed by atoms with van der Waals surface area (Å²) in [5.74, 6) is -0.303. The molecule has 7 nitrogen and oxygen atoms in total. The molecule has 4 N–H and O–H groups in total. The Kier molecular flexibility index (Phi) is 4.95. The van der Waals surface area contributed by atoms with E-state index >= 15 is 0 Å². The van der Waals surface area contributed by atoms with Crippen LogP contribution in [0.5, 0.6) is 0 Å². The maximum Gasteiger partial charge on any atom is 0.249 e. The second-order valence-electron chi connectivity index (χ2n) is 7.15. The van der Waals surface area contributed by atoms with Crippen molar-refractivity contribution < 1.29 is 9.59 Å². The lowest BCUT2D eigenvalue weighted by Gasteiger charge is -2.10. The molecule has 2 heterocycles. The highest BCUT2D eigenvalue weighted by molar-refractivity contribution is 6.04. The maximum absolute atomic E-state index is 12.1. The maximum atomic E-state index is 12.1. The molecule has 1 aromatic carbocycles. The monoisotopic (exact) mass is 387 g/mol. The topological polar surface area (TPSA) is 110 Å². The highest BCUT2D eigenvalue weighted by Crippen LogP contribution is 2.31. The Labute approximate surface area is 168 Å². The SMILES string of the molecule is Cc1ccncc1-c1cc(N)c2cnc(NC(=O)/C=C\C(=O)NC3CC3)cc2c1. The van der Waals surface area contributed by atoms with Gasteiger partial charge in [0, 0.05) is 53.4 Å². The van der Waals surface area contributed by atoms with E-state index in [0.29, 0.717) is 11.5 Å². The van der Waals surface area contributed by atoms with Gasteiger partial charge in [0.05, 0.1) is 0 Å². The quantitative estimate of drug-likeness (QED) is 0.460. The molecule has 146 valence electrons. The number of amides is 2. The first-order chi connectivity index (χ1) is 14.0. The molecule has 0 atom stereocenters. The Morgan fingerprint density at radius 3 is 2.69 bits per heavy atom. The fourth-order valence-corrected chi connectivity index (χ4v) is 3.07. The summed E-state index contributed by atoms with van der Waals surface area (Å²) in [7, 11) is 0. The second kappa shape index (κ2) is 7.71. The number of carbonyl (C=O) groups excluding carboxylic acids is 2.